The highest BCUT2D eigenvalue weighted by atomic mass is 16.4. The van der Waals surface area contributed by atoms with Crippen molar-refractivity contribution >= 4 is 23.5 Å². The van der Waals surface area contributed by atoms with Crippen LogP contribution in [0.4, 0.5) is 5.69 Å². The molecule has 1 aliphatic carbocycles. The summed E-state index contributed by atoms with van der Waals surface area (Å²) in [5.74, 6) is -0.336. The number of likely N-dealkylation sites (tertiary alicyclic amines) is 1. The smallest absolute Gasteiger partial charge is 0.311 e. The molecular weight excluding hydrogens is 542 g/mol. The number of amides is 2. The summed E-state index contributed by atoms with van der Waals surface area (Å²) in [4.78, 5) is 46.4. The lowest BCUT2D eigenvalue weighted by Gasteiger charge is -2.42. The zero-order chi connectivity index (χ0) is 30.3. The number of carbonyl (C=O) groups is 3. The zero-order valence-corrected chi connectivity index (χ0v) is 25.1. The summed E-state index contributed by atoms with van der Waals surface area (Å²) in [5, 5.41) is 16.8. The highest BCUT2D eigenvalue weighted by Crippen LogP contribution is 2.52. The van der Waals surface area contributed by atoms with E-state index in [1.54, 1.807) is 32.2 Å². The van der Waals surface area contributed by atoms with Crippen LogP contribution in [-0.4, -0.2) is 49.9 Å². The van der Waals surface area contributed by atoms with Crippen LogP contribution in [0.15, 0.2) is 67.0 Å². The number of aromatic nitrogens is 2. The van der Waals surface area contributed by atoms with Gasteiger partial charge in [-0.15, -0.1) is 0 Å². The molecule has 2 fully saturated rings. The summed E-state index contributed by atoms with van der Waals surface area (Å²) < 4.78 is 1.98. The van der Waals surface area contributed by atoms with Crippen molar-refractivity contribution in [1.29, 1.82) is 0 Å². The molecule has 0 spiro atoms. The average Bonchev–Trinajstić information content (AvgIpc) is 3.69. The Bertz CT molecular complexity index is 1500. The van der Waals surface area contributed by atoms with E-state index >= 15 is 0 Å². The third-order valence-corrected chi connectivity index (χ3v) is 10.2. The molecule has 43 heavy (non-hydrogen) atoms. The van der Waals surface area contributed by atoms with Crippen LogP contribution in [-0.2, 0) is 9.59 Å². The van der Waals surface area contributed by atoms with Crippen molar-refractivity contribution in [3.05, 3.63) is 83.9 Å². The van der Waals surface area contributed by atoms with Gasteiger partial charge in [-0.25, -0.2) is 4.98 Å². The minimum absolute atomic E-state index is 0.0566. The lowest BCUT2D eigenvalue weighted by atomic mass is 9.80. The van der Waals surface area contributed by atoms with Crippen LogP contribution in [0.1, 0.15) is 92.7 Å². The molecule has 3 aliphatic rings. The Morgan fingerprint density at radius 2 is 1.74 bits per heavy atom. The highest BCUT2D eigenvalue weighted by Gasteiger charge is 2.50. The molecule has 1 saturated heterocycles. The number of nitrogens with one attached hydrogen (secondary N) is 2. The Labute approximate surface area is 252 Å². The fraction of sp³-hybridized carbons (Fsp3) is 0.471. The number of aliphatic carboxylic acids is 1. The van der Waals surface area contributed by atoms with Gasteiger partial charge in [-0.1, -0.05) is 49.2 Å². The van der Waals surface area contributed by atoms with Crippen LogP contribution in [0.5, 0.6) is 0 Å². The highest BCUT2D eigenvalue weighted by molar-refractivity contribution is 5.95. The number of rotatable bonds is 7. The van der Waals surface area contributed by atoms with E-state index in [-0.39, 0.29) is 47.8 Å². The van der Waals surface area contributed by atoms with E-state index < -0.39 is 11.4 Å². The lowest BCUT2D eigenvalue weighted by Crippen LogP contribution is -2.50. The molecule has 9 nitrogen and oxygen atoms in total. The minimum atomic E-state index is -1.00. The number of imidazole rings is 1. The van der Waals surface area contributed by atoms with Crippen LogP contribution >= 0.6 is 0 Å². The number of hydrogen-bond donors (Lipinski definition) is 3. The molecule has 0 bridgehead atoms. The number of carboxylic acids is 1. The number of benzene rings is 2. The van der Waals surface area contributed by atoms with E-state index in [0.717, 1.165) is 49.2 Å². The maximum atomic E-state index is 14.4. The molecule has 3 heterocycles. The first-order valence-corrected chi connectivity index (χ1v) is 15.5. The monoisotopic (exact) mass is 583 g/mol. The maximum Gasteiger partial charge on any atom is 0.311 e. The molecule has 3 aromatic rings. The Morgan fingerprint density at radius 3 is 2.51 bits per heavy atom. The predicted octanol–water partition coefficient (Wildman–Crippen LogP) is 5.60. The molecule has 2 aromatic carbocycles. The molecule has 9 heteroatoms. The van der Waals surface area contributed by atoms with Gasteiger partial charge in [0.1, 0.15) is 5.82 Å². The maximum absolute atomic E-state index is 14.4. The number of fused-ring (bicyclic) bond motifs is 3. The van der Waals surface area contributed by atoms with Gasteiger partial charge >= 0.3 is 5.97 Å². The molecule has 0 radical (unpaired) electrons. The summed E-state index contributed by atoms with van der Waals surface area (Å²) in [5.41, 5.74) is 1.66. The quantitative estimate of drug-likeness (QED) is 0.333. The second-order valence-corrected chi connectivity index (χ2v) is 12.9. The van der Waals surface area contributed by atoms with Crippen molar-refractivity contribution in [2.45, 2.75) is 77.0 Å². The van der Waals surface area contributed by atoms with Crippen LogP contribution in [0, 0.1) is 17.3 Å². The molecule has 1 saturated carbocycles. The normalized spacial score (nSPS) is 25.7. The van der Waals surface area contributed by atoms with Gasteiger partial charge in [-0.05, 0) is 63.8 Å². The van der Waals surface area contributed by atoms with Gasteiger partial charge in [0.15, 0.2) is 0 Å². The summed E-state index contributed by atoms with van der Waals surface area (Å²) >= 11 is 0. The molecule has 1 aromatic heterocycles. The van der Waals surface area contributed by atoms with Crippen molar-refractivity contribution in [2.24, 2.45) is 17.3 Å². The van der Waals surface area contributed by atoms with Gasteiger partial charge in [0, 0.05) is 48.2 Å². The Balaban J connectivity index is 1.30. The second-order valence-electron chi connectivity index (χ2n) is 12.9. The standard InChI is InChI=1S/C34H41N5O4/c1-21(34(2,3)33(42)43)38-20-18-35-30(38)28-25-17-19-39(29(25)23-13-7-9-15-26(23)36-28)32(41)24-14-8-10-16-27(24)37-31(40)22-11-5-4-6-12-22/h4-7,9,11-13,15,18,20-21,24-25,27-29,36H,8,10,14,16-17,19H2,1-3H3,(H,37,40)(H,42,43)/t21?,24-,25?,27+,28?,29?/m0/s1. The van der Waals surface area contributed by atoms with Crippen LogP contribution in [0.2, 0.25) is 0 Å². The van der Waals surface area contributed by atoms with Crippen molar-refractivity contribution in [2.75, 3.05) is 11.9 Å². The number of carboxylic acid groups (broad SMARTS) is 1. The number of nitrogens with zero attached hydrogens (tertiary/aromatic N) is 3. The topological polar surface area (TPSA) is 117 Å². The van der Waals surface area contributed by atoms with E-state index in [4.69, 9.17) is 4.98 Å². The van der Waals surface area contributed by atoms with E-state index in [9.17, 15) is 19.5 Å². The van der Waals surface area contributed by atoms with Crippen LogP contribution < -0.4 is 10.6 Å². The first-order chi connectivity index (χ1) is 20.7. The fourth-order valence-corrected chi connectivity index (χ4v) is 7.30. The second kappa shape index (κ2) is 11.5. The predicted molar refractivity (Wildman–Crippen MR) is 163 cm³/mol. The molecule has 226 valence electrons. The third-order valence-electron chi connectivity index (χ3n) is 10.2. The van der Waals surface area contributed by atoms with Gasteiger partial charge in [0.2, 0.25) is 5.91 Å². The van der Waals surface area contributed by atoms with Gasteiger partial charge < -0.3 is 25.2 Å². The first kappa shape index (κ1) is 29.0. The van der Waals surface area contributed by atoms with Crippen molar-refractivity contribution in [3.8, 4) is 0 Å². The number of hydrogen-bond acceptors (Lipinski definition) is 5. The fourth-order valence-electron chi connectivity index (χ4n) is 7.30. The first-order valence-electron chi connectivity index (χ1n) is 15.5. The van der Waals surface area contributed by atoms with Gasteiger partial charge in [0.25, 0.3) is 5.91 Å². The molecule has 4 unspecified atom stereocenters. The Hall–Kier alpha value is -4.14. The summed E-state index contributed by atoms with van der Waals surface area (Å²) in [6.07, 6.45) is 7.88. The molecule has 6 atom stereocenters. The van der Waals surface area contributed by atoms with E-state index in [1.165, 1.54) is 0 Å². The summed E-state index contributed by atoms with van der Waals surface area (Å²) in [6.45, 7) is 6.02. The van der Waals surface area contributed by atoms with E-state index in [2.05, 4.69) is 16.7 Å². The zero-order valence-electron chi connectivity index (χ0n) is 25.1. The van der Waals surface area contributed by atoms with Crippen LogP contribution in [0.25, 0.3) is 0 Å². The van der Waals surface area contributed by atoms with Gasteiger partial charge in [-0.2, -0.15) is 0 Å². The molecule has 2 aliphatic heterocycles. The number of para-hydroxylation sites is 1. The largest absolute Gasteiger partial charge is 0.481 e. The molecule has 6 rings (SSSR count). The van der Waals surface area contributed by atoms with Crippen molar-refractivity contribution in [1.82, 2.24) is 19.8 Å². The third kappa shape index (κ3) is 5.19. The lowest BCUT2D eigenvalue weighted by molar-refractivity contribution is -0.149. The summed E-state index contributed by atoms with van der Waals surface area (Å²) in [6, 6.07) is 16.4. The van der Waals surface area contributed by atoms with E-state index in [1.807, 2.05) is 59.0 Å². The van der Waals surface area contributed by atoms with E-state index in [0.29, 0.717) is 12.1 Å². The van der Waals surface area contributed by atoms with Crippen LogP contribution in [0.3, 0.4) is 0 Å². The van der Waals surface area contributed by atoms with Crippen molar-refractivity contribution < 1.29 is 19.5 Å². The molecular formula is C34H41N5O4. The average molecular weight is 584 g/mol. The number of carbonyl (C=O) groups excluding carboxylic acids is 2. The summed E-state index contributed by atoms with van der Waals surface area (Å²) in [7, 11) is 0. The Morgan fingerprint density at radius 1 is 1.02 bits per heavy atom. The molecule has 3 N–H and O–H groups in total. The van der Waals surface area contributed by atoms with Gasteiger partial charge in [-0.3, -0.25) is 14.4 Å². The molecule has 2 amide bonds. The van der Waals surface area contributed by atoms with Crippen molar-refractivity contribution in [3.63, 3.8) is 0 Å². The number of anilines is 1. The van der Waals surface area contributed by atoms with Gasteiger partial charge in [0.05, 0.1) is 23.4 Å². The SMILES string of the molecule is CC(n1ccnc1C1Nc2ccccc2C2C1CCN2C(=O)[C@H]1CCCC[C@H]1NC(=O)c1ccccc1)C(C)(C)C(=O)O. The Kier molecular flexibility index (Phi) is 7.75. The minimum Gasteiger partial charge on any atom is -0.481 e.